The maximum Gasteiger partial charge on any atom is 0.244 e. The molecule has 0 aliphatic heterocycles. The highest BCUT2D eigenvalue weighted by Crippen LogP contribution is 2.32. The fraction of sp³-hybridized carbons (Fsp3) is 0.438. The Kier molecular flexibility index (Phi) is 6.21. The molecule has 0 spiro atoms. The predicted octanol–water partition coefficient (Wildman–Crippen LogP) is 4.26. The lowest BCUT2D eigenvalue weighted by Gasteiger charge is -2.24. The van der Waals surface area contributed by atoms with Crippen molar-refractivity contribution in [2.24, 2.45) is 5.41 Å². The van der Waals surface area contributed by atoms with Crippen LogP contribution in [-0.2, 0) is 4.79 Å². The average Bonchev–Trinajstić information content (AvgIpc) is 2.48. The summed E-state index contributed by atoms with van der Waals surface area (Å²) in [6, 6.07) is 8.80. The third-order valence-electron chi connectivity index (χ3n) is 3.35. The molecule has 1 aromatic carbocycles. The van der Waals surface area contributed by atoms with Gasteiger partial charge in [-0.25, -0.2) is 0 Å². The Bertz CT molecular complexity index is 593. The standard InChI is InChI=1S/C16H18ClN3O/c1-3-7-16(11-19,8-4-2)15(21)20-14-6-5-12(10-18)9-13(14)17/h5-6,9H,3-4,7-8H2,1-2H3,(H,20,21). The zero-order valence-corrected chi connectivity index (χ0v) is 13.0. The molecule has 0 aliphatic carbocycles. The summed E-state index contributed by atoms with van der Waals surface area (Å²) in [5.41, 5.74) is -0.181. The molecule has 0 aromatic heterocycles. The zero-order valence-electron chi connectivity index (χ0n) is 12.2. The van der Waals surface area contributed by atoms with Crippen molar-refractivity contribution in [3.63, 3.8) is 0 Å². The zero-order chi connectivity index (χ0) is 15.9. The highest BCUT2D eigenvalue weighted by atomic mass is 35.5. The molecule has 0 radical (unpaired) electrons. The van der Waals surface area contributed by atoms with Crippen LogP contribution in [0, 0.1) is 28.1 Å². The van der Waals surface area contributed by atoms with E-state index >= 15 is 0 Å². The molecule has 1 N–H and O–H groups in total. The summed E-state index contributed by atoms with van der Waals surface area (Å²) in [5.74, 6) is -0.333. The SMILES string of the molecule is CCCC(C#N)(CCC)C(=O)Nc1ccc(C#N)cc1Cl. The molecule has 1 rings (SSSR count). The lowest BCUT2D eigenvalue weighted by atomic mass is 9.79. The lowest BCUT2D eigenvalue weighted by molar-refractivity contribution is -0.123. The molecule has 0 fully saturated rings. The van der Waals surface area contributed by atoms with Crippen LogP contribution in [0.3, 0.4) is 0 Å². The largest absolute Gasteiger partial charge is 0.323 e. The van der Waals surface area contributed by atoms with Crippen molar-refractivity contribution in [2.45, 2.75) is 39.5 Å². The Morgan fingerprint density at radius 2 is 1.90 bits per heavy atom. The van der Waals surface area contributed by atoms with Gasteiger partial charge < -0.3 is 5.32 Å². The van der Waals surface area contributed by atoms with E-state index in [4.69, 9.17) is 16.9 Å². The highest BCUT2D eigenvalue weighted by Gasteiger charge is 2.37. The van der Waals surface area contributed by atoms with Crippen LogP contribution in [0.5, 0.6) is 0 Å². The fourth-order valence-corrected chi connectivity index (χ4v) is 2.52. The van der Waals surface area contributed by atoms with E-state index in [-0.39, 0.29) is 5.91 Å². The maximum atomic E-state index is 12.5. The van der Waals surface area contributed by atoms with Gasteiger partial charge in [0.05, 0.1) is 28.4 Å². The van der Waals surface area contributed by atoms with Gasteiger partial charge in [-0.15, -0.1) is 0 Å². The molecule has 4 nitrogen and oxygen atoms in total. The van der Waals surface area contributed by atoms with Crippen molar-refractivity contribution in [3.05, 3.63) is 28.8 Å². The third-order valence-corrected chi connectivity index (χ3v) is 3.66. The molecule has 0 heterocycles. The number of carbonyl (C=O) groups excluding carboxylic acids is 1. The molecule has 0 aliphatic rings. The molecule has 1 aromatic rings. The fourth-order valence-electron chi connectivity index (χ4n) is 2.30. The molecule has 0 saturated heterocycles. The Morgan fingerprint density at radius 3 is 2.33 bits per heavy atom. The quantitative estimate of drug-likeness (QED) is 0.853. The van der Waals surface area contributed by atoms with E-state index in [2.05, 4.69) is 11.4 Å². The number of nitrogens with zero attached hydrogens (tertiary/aromatic N) is 2. The van der Waals surface area contributed by atoms with Gasteiger partial charge in [-0.3, -0.25) is 4.79 Å². The summed E-state index contributed by atoms with van der Waals surface area (Å²) in [4.78, 5) is 12.5. The first-order valence-corrected chi connectivity index (χ1v) is 7.33. The summed E-state index contributed by atoms with van der Waals surface area (Å²) in [6.07, 6.45) is 2.53. The Hall–Kier alpha value is -2.04. The van der Waals surface area contributed by atoms with Gasteiger partial charge in [-0.05, 0) is 31.0 Å². The molecule has 21 heavy (non-hydrogen) atoms. The van der Waals surface area contributed by atoms with Crippen LogP contribution >= 0.6 is 11.6 Å². The van der Waals surface area contributed by atoms with Crippen LogP contribution in [0.15, 0.2) is 18.2 Å². The van der Waals surface area contributed by atoms with E-state index in [1.54, 1.807) is 12.1 Å². The summed E-state index contributed by atoms with van der Waals surface area (Å²) in [7, 11) is 0. The molecule has 0 saturated carbocycles. The van der Waals surface area contributed by atoms with Crippen LogP contribution in [0.4, 0.5) is 5.69 Å². The normalized spacial score (nSPS) is 10.5. The van der Waals surface area contributed by atoms with E-state index in [0.29, 0.717) is 29.1 Å². The minimum absolute atomic E-state index is 0.294. The first-order chi connectivity index (χ1) is 10.0. The van der Waals surface area contributed by atoms with Crippen molar-refractivity contribution < 1.29 is 4.79 Å². The number of hydrogen-bond donors (Lipinski definition) is 1. The Morgan fingerprint density at radius 1 is 1.29 bits per heavy atom. The van der Waals surface area contributed by atoms with Crippen molar-refractivity contribution in [1.29, 1.82) is 10.5 Å². The van der Waals surface area contributed by atoms with E-state index in [9.17, 15) is 10.1 Å². The third kappa shape index (κ3) is 3.97. The topological polar surface area (TPSA) is 76.7 Å². The van der Waals surface area contributed by atoms with Crippen molar-refractivity contribution >= 4 is 23.2 Å². The van der Waals surface area contributed by atoms with E-state index in [1.807, 2.05) is 19.9 Å². The van der Waals surface area contributed by atoms with E-state index < -0.39 is 5.41 Å². The molecule has 5 heteroatoms. The summed E-state index contributed by atoms with van der Waals surface area (Å²) in [5, 5.41) is 21.3. The van der Waals surface area contributed by atoms with E-state index in [0.717, 1.165) is 12.8 Å². The Labute approximate surface area is 130 Å². The number of anilines is 1. The van der Waals surface area contributed by atoms with Gasteiger partial charge in [0.2, 0.25) is 5.91 Å². The van der Waals surface area contributed by atoms with Crippen molar-refractivity contribution in [1.82, 2.24) is 0 Å². The summed E-state index contributed by atoms with van der Waals surface area (Å²) >= 11 is 6.05. The van der Waals surface area contributed by atoms with Gasteiger partial charge in [-0.2, -0.15) is 10.5 Å². The molecular weight excluding hydrogens is 286 g/mol. The molecule has 0 unspecified atom stereocenters. The maximum absolute atomic E-state index is 12.5. The average molecular weight is 304 g/mol. The van der Waals surface area contributed by atoms with Crippen LogP contribution < -0.4 is 5.32 Å². The smallest absolute Gasteiger partial charge is 0.244 e. The Balaban J connectivity index is 3.02. The first kappa shape index (κ1) is 17.0. The molecule has 0 bridgehead atoms. The minimum Gasteiger partial charge on any atom is -0.323 e. The number of nitrogens with one attached hydrogen (secondary N) is 1. The number of benzene rings is 1. The monoisotopic (exact) mass is 303 g/mol. The van der Waals surface area contributed by atoms with Gasteiger partial charge in [0, 0.05) is 0 Å². The number of carbonyl (C=O) groups is 1. The highest BCUT2D eigenvalue weighted by molar-refractivity contribution is 6.33. The van der Waals surface area contributed by atoms with Crippen LogP contribution in [0.25, 0.3) is 0 Å². The number of amides is 1. The second kappa shape index (κ2) is 7.67. The lowest BCUT2D eigenvalue weighted by Crippen LogP contribution is -2.35. The number of hydrogen-bond acceptors (Lipinski definition) is 3. The van der Waals surface area contributed by atoms with Gasteiger partial charge in [-0.1, -0.05) is 38.3 Å². The number of nitriles is 2. The van der Waals surface area contributed by atoms with Crippen LogP contribution in [-0.4, -0.2) is 5.91 Å². The minimum atomic E-state index is -1.03. The van der Waals surface area contributed by atoms with Crippen molar-refractivity contribution in [3.8, 4) is 12.1 Å². The second-order valence-corrected chi connectivity index (χ2v) is 5.36. The number of rotatable bonds is 6. The predicted molar refractivity (Wildman–Crippen MR) is 82.7 cm³/mol. The molecule has 1 amide bonds. The van der Waals surface area contributed by atoms with Gasteiger partial charge in [0.15, 0.2) is 0 Å². The van der Waals surface area contributed by atoms with Gasteiger partial charge in [0.1, 0.15) is 5.41 Å². The van der Waals surface area contributed by atoms with Crippen LogP contribution in [0.2, 0.25) is 5.02 Å². The van der Waals surface area contributed by atoms with Crippen LogP contribution in [0.1, 0.15) is 45.1 Å². The van der Waals surface area contributed by atoms with Crippen molar-refractivity contribution in [2.75, 3.05) is 5.32 Å². The molecule has 110 valence electrons. The second-order valence-electron chi connectivity index (χ2n) is 4.95. The first-order valence-electron chi connectivity index (χ1n) is 6.95. The number of halogens is 1. The summed E-state index contributed by atoms with van der Waals surface area (Å²) < 4.78 is 0. The van der Waals surface area contributed by atoms with Gasteiger partial charge >= 0.3 is 0 Å². The molecule has 0 atom stereocenters. The van der Waals surface area contributed by atoms with E-state index in [1.165, 1.54) is 6.07 Å². The molecular formula is C16H18ClN3O. The van der Waals surface area contributed by atoms with Gasteiger partial charge in [0.25, 0.3) is 0 Å². The summed E-state index contributed by atoms with van der Waals surface area (Å²) in [6.45, 7) is 3.90.